The van der Waals surface area contributed by atoms with Crippen LogP contribution in [-0.4, -0.2) is 42.8 Å². The van der Waals surface area contributed by atoms with Crippen LogP contribution in [0.1, 0.15) is 36.8 Å². The van der Waals surface area contributed by atoms with Crippen LogP contribution in [0.25, 0.3) is 22.7 Å². The molecule has 3 N–H and O–H groups in total. The number of aryl methyl sites for hydroxylation is 1. The number of nitrogens with zero attached hydrogens (tertiary/aromatic N) is 6. The summed E-state index contributed by atoms with van der Waals surface area (Å²) in [5.41, 5.74) is 9.66. The number of hydrogen-bond acceptors (Lipinski definition) is 8. The van der Waals surface area contributed by atoms with Crippen LogP contribution in [0.4, 0.5) is 5.82 Å². The van der Waals surface area contributed by atoms with Crippen LogP contribution < -0.4 is 11.1 Å². The molecule has 1 aliphatic rings. The van der Waals surface area contributed by atoms with Crippen LogP contribution in [0, 0.1) is 12.8 Å². The number of carbonyl (C=O) groups excluding carboxylic acids is 1. The first kappa shape index (κ1) is 21.7. The fraction of sp³-hybridized carbons (Fsp3) is 0.333. The number of rotatable bonds is 7. The monoisotopic (exact) mass is 458 g/mol. The minimum atomic E-state index is -0.388. The summed E-state index contributed by atoms with van der Waals surface area (Å²) >= 11 is 0. The van der Waals surface area contributed by atoms with Crippen molar-refractivity contribution in [2.75, 3.05) is 12.8 Å². The molecule has 1 aromatic carbocycles. The molecule has 34 heavy (non-hydrogen) atoms. The van der Waals surface area contributed by atoms with E-state index in [2.05, 4.69) is 44.6 Å². The zero-order valence-corrected chi connectivity index (χ0v) is 19.3. The lowest BCUT2D eigenvalue weighted by Crippen LogP contribution is -2.28. The Morgan fingerprint density at radius 2 is 1.97 bits per heavy atom. The first-order valence-corrected chi connectivity index (χ1v) is 11.2. The Bertz CT molecular complexity index is 1340. The van der Waals surface area contributed by atoms with E-state index in [9.17, 15) is 4.79 Å². The van der Waals surface area contributed by atoms with Gasteiger partial charge in [0.15, 0.2) is 5.82 Å². The maximum absolute atomic E-state index is 11.6. The topological polar surface area (TPSA) is 138 Å². The average molecular weight is 459 g/mol. The Balaban J connectivity index is 1.43. The van der Waals surface area contributed by atoms with E-state index in [-0.39, 0.29) is 17.9 Å². The molecule has 0 bridgehead atoms. The molecule has 1 aliphatic carbocycles. The van der Waals surface area contributed by atoms with Crippen LogP contribution in [0.5, 0.6) is 0 Å². The van der Waals surface area contributed by atoms with Crippen LogP contribution in [0.15, 0.2) is 47.4 Å². The van der Waals surface area contributed by atoms with Crippen molar-refractivity contribution in [3.63, 3.8) is 0 Å². The maximum Gasteiger partial charge on any atom is 0.261 e. The van der Waals surface area contributed by atoms with E-state index in [4.69, 9.17) is 15.2 Å². The summed E-state index contributed by atoms with van der Waals surface area (Å²) in [6, 6.07) is 8.27. The Labute approximate surface area is 196 Å². The number of carbonyl (C=O) groups is 1. The Morgan fingerprint density at radius 3 is 2.65 bits per heavy atom. The highest BCUT2D eigenvalue weighted by atomic mass is 16.5. The number of benzene rings is 1. The van der Waals surface area contributed by atoms with E-state index >= 15 is 0 Å². The number of nitrogens with two attached hydrogens (primary N) is 1. The normalized spacial score (nSPS) is 15.1. The summed E-state index contributed by atoms with van der Waals surface area (Å²) in [6.07, 6.45) is 7.25. The molecule has 1 amide bonds. The molecule has 1 fully saturated rings. The summed E-state index contributed by atoms with van der Waals surface area (Å²) in [5, 5.41) is 11.1. The van der Waals surface area contributed by atoms with Crippen LogP contribution in [0.2, 0.25) is 0 Å². The van der Waals surface area contributed by atoms with Crippen molar-refractivity contribution in [1.82, 2.24) is 35.2 Å². The minimum Gasteiger partial charge on any atom is -0.382 e. The van der Waals surface area contributed by atoms with E-state index in [0.717, 1.165) is 29.7 Å². The second kappa shape index (κ2) is 8.36. The van der Waals surface area contributed by atoms with Gasteiger partial charge in [0, 0.05) is 18.8 Å². The zero-order chi connectivity index (χ0) is 23.9. The van der Waals surface area contributed by atoms with Gasteiger partial charge in [0.25, 0.3) is 5.89 Å². The molecule has 1 atom stereocenters. The van der Waals surface area contributed by atoms with Crippen molar-refractivity contribution in [1.29, 1.82) is 0 Å². The predicted molar refractivity (Wildman–Crippen MR) is 125 cm³/mol. The van der Waals surface area contributed by atoms with E-state index in [1.54, 1.807) is 30.3 Å². The number of anilines is 1. The molecule has 3 heterocycles. The van der Waals surface area contributed by atoms with E-state index in [1.165, 1.54) is 0 Å². The first-order chi connectivity index (χ1) is 16.4. The van der Waals surface area contributed by atoms with Gasteiger partial charge in [0.05, 0.1) is 34.8 Å². The number of nitrogens with one attached hydrogen (secondary N) is 1. The third-order valence-corrected chi connectivity index (χ3v) is 6.51. The fourth-order valence-electron chi connectivity index (χ4n) is 4.16. The molecule has 0 saturated heterocycles. The molecule has 0 radical (unpaired) electrons. The van der Waals surface area contributed by atoms with Crippen molar-refractivity contribution >= 4 is 11.7 Å². The van der Waals surface area contributed by atoms with Gasteiger partial charge in [-0.1, -0.05) is 29.4 Å². The smallest absolute Gasteiger partial charge is 0.261 e. The molecule has 10 nitrogen and oxygen atoms in total. The molecule has 4 aromatic rings. The van der Waals surface area contributed by atoms with Crippen molar-refractivity contribution in [3.05, 3.63) is 59.9 Å². The summed E-state index contributed by atoms with van der Waals surface area (Å²) in [5.74, 6) is 1.76. The molecule has 0 unspecified atom stereocenters. The van der Waals surface area contributed by atoms with Crippen molar-refractivity contribution in [2.45, 2.75) is 38.6 Å². The SMILES string of the molecule is CNC(=O)Cn1cc(-c2nc([C@@](C)(c3ccc(-c4cnc(N)c(C)n4)cc3)C3CC3)no2)cn1. The lowest BCUT2D eigenvalue weighted by molar-refractivity contribution is -0.121. The number of amides is 1. The molecular formula is C24H26N8O2. The van der Waals surface area contributed by atoms with Gasteiger partial charge < -0.3 is 15.6 Å². The zero-order valence-electron chi connectivity index (χ0n) is 19.3. The van der Waals surface area contributed by atoms with Gasteiger partial charge in [-0.05, 0) is 38.2 Å². The van der Waals surface area contributed by atoms with Gasteiger partial charge in [-0.15, -0.1) is 0 Å². The average Bonchev–Trinajstić information content (AvgIpc) is 3.41. The third kappa shape index (κ3) is 3.91. The summed E-state index contributed by atoms with van der Waals surface area (Å²) in [7, 11) is 1.59. The van der Waals surface area contributed by atoms with Crippen molar-refractivity contribution in [2.24, 2.45) is 5.92 Å². The molecule has 174 valence electrons. The number of likely N-dealkylation sites (N-methyl/N-ethyl adjacent to an activating group) is 1. The standard InChI is InChI=1S/C24H26N8O2/c1-14-21(25)27-11-19(29-14)15-4-6-17(7-5-15)24(2,18-8-9-18)23-30-22(34-31-23)16-10-28-32(12-16)13-20(33)26-3/h4-7,10-12,18H,8-9,13H2,1-3H3,(H2,25,27)(H,26,33)/t24-/m0/s1. The Hall–Kier alpha value is -4.08. The number of hydrogen-bond donors (Lipinski definition) is 2. The molecule has 0 aliphatic heterocycles. The fourth-order valence-corrected chi connectivity index (χ4v) is 4.16. The van der Waals surface area contributed by atoms with Gasteiger partial charge in [-0.3, -0.25) is 9.48 Å². The number of aromatic nitrogens is 6. The second-order valence-electron chi connectivity index (χ2n) is 8.80. The minimum absolute atomic E-state index is 0.127. The maximum atomic E-state index is 11.6. The molecule has 0 spiro atoms. The van der Waals surface area contributed by atoms with Crippen molar-refractivity contribution < 1.29 is 9.32 Å². The molecule has 10 heteroatoms. The summed E-state index contributed by atoms with van der Waals surface area (Å²) in [6.45, 7) is 4.14. The van der Waals surface area contributed by atoms with Gasteiger partial charge in [0.1, 0.15) is 12.4 Å². The first-order valence-electron chi connectivity index (χ1n) is 11.2. The number of nitrogen functional groups attached to an aromatic ring is 1. The largest absolute Gasteiger partial charge is 0.382 e. The van der Waals surface area contributed by atoms with E-state index in [0.29, 0.717) is 34.7 Å². The highest BCUT2D eigenvalue weighted by molar-refractivity contribution is 5.75. The second-order valence-corrected chi connectivity index (χ2v) is 8.80. The van der Waals surface area contributed by atoms with E-state index in [1.807, 2.05) is 19.1 Å². The molecule has 5 rings (SSSR count). The van der Waals surface area contributed by atoms with Crippen LogP contribution in [0.3, 0.4) is 0 Å². The third-order valence-electron chi connectivity index (χ3n) is 6.51. The van der Waals surface area contributed by atoms with Crippen LogP contribution >= 0.6 is 0 Å². The van der Waals surface area contributed by atoms with E-state index < -0.39 is 0 Å². The summed E-state index contributed by atoms with van der Waals surface area (Å²) < 4.78 is 7.15. The lowest BCUT2D eigenvalue weighted by Gasteiger charge is -2.27. The Kier molecular flexibility index (Phi) is 5.35. The molecular weight excluding hydrogens is 432 g/mol. The highest BCUT2D eigenvalue weighted by Gasteiger charge is 2.47. The predicted octanol–water partition coefficient (Wildman–Crippen LogP) is 2.74. The lowest BCUT2D eigenvalue weighted by atomic mass is 9.77. The van der Waals surface area contributed by atoms with Gasteiger partial charge in [-0.2, -0.15) is 10.1 Å². The van der Waals surface area contributed by atoms with Gasteiger partial charge >= 0.3 is 0 Å². The van der Waals surface area contributed by atoms with Gasteiger partial charge in [0.2, 0.25) is 5.91 Å². The molecule has 1 saturated carbocycles. The summed E-state index contributed by atoms with van der Waals surface area (Å²) in [4.78, 5) is 25.1. The highest BCUT2D eigenvalue weighted by Crippen LogP contribution is 2.50. The van der Waals surface area contributed by atoms with Crippen LogP contribution in [-0.2, 0) is 16.8 Å². The van der Waals surface area contributed by atoms with Gasteiger partial charge in [-0.25, -0.2) is 9.97 Å². The quantitative estimate of drug-likeness (QED) is 0.431. The van der Waals surface area contributed by atoms with Crippen molar-refractivity contribution in [3.8, 4) is 22.7 Å². The Morgan fingerprint density at radius 1 is 1.21 bits per heavy atom. The molecule has 3 aromatic heterocycles.